The molecule has 0 radical (unpaired) electrons. The Morgan fingerprint density at radius 2 is 2.17 bits per heavy atom. The molecule has 1 aromatic rings. The lowest BCUT2D eigenvalue weighted by Crippen LogP contribution is -2.45. The second-order valence-corrected chi connectivity index (χ2v) is 8.80. The number of carbonyl (C=O) groups excluding carboxylic acids is 1. The van der Waals surface area contributed by atoms with Gasteiger partial charge in [-0.15, -0.1) is 0 Å². The average molecular weight is 340 g/mol. The standard InChI is InChI=1S/C15H24N4O3S/c1-2-23(21,22)9-8-17-11-13-4-5-16-19(13)14(12-17)10-15(20)18-6-3-7-18/h4-5,14H,2-3,6-12H2,1H3. The van der Waals surface area contributed by atoms with Gasteiger partial charge in [-0.3, -0.25) is 14.4 Å². The van der Waals surface area contributed by atoms with E-state index in [4.69, 9.17) is 0 Å². The quantitative estimate of drug-likeness (QED) is 0.744. The van der Waals surface area contributed by atoms with Gasteiger partial charge in [-0.2, -0.15) is 5.10 Å². The molecular weight excluding hydrogens is 316 g/mol. The molecule has 0 aliphatic carbocycles. The third kappa shape index (κ3) is 3.74. The van der Waals surface area contributed by atoms with Crippen molar-refractivity contribution in [2.45, 2.75) is 32.4 Å². The van der Waals surface area contributed by atoms with E-state index in [1.807, 2.05) is 15.6 Å². The van der Waals surface area contributed by atoms with Gasteiger partial charge in [0.1, 0.15) is 0 Å². The number of carbonyl (C=O) groups is 1. The lowest BCUT2D eigenvalue weighted by molar-refractivity contribution is -0.135. The molecule has 1 saturated heterocycles. The van der Waals surface area contributed by atoms with Crippen molar-refractivity contribution in [2.75, 3.05) is 37.7 Å². The summed E-state index contributed by atoms with van der Waals surface area (Å²) in [5.74, 6) is 0.519. The minimum absolute atomic E-state index is 0.00817. The third-order valence-corrected chi connectivity index (χ3v) is 6.41. The maximum Gasteiger partial charge on any atom is 0.224 e. The first kappa shape index (κ1) is 16.4. The second-order valence-electron chi connectivity index (χ2n) is 6.33. The summed E-state index contributed by atoms with van der Waals surface area (Å²) in [4.78, 5) is 16.3. The fourth-order valence-corrected chi connectivity index (χ4v) is 3.92. The Hall–Kier alpha value is -1.41. The molecule has 1 aromatic heterocycles. The molecule has 3 rings (SSSR count). The molecule has 3 heterocycles. The Bertz CT molecular complexity index is 666. The lowest BCUT2D eigenvalue weighted by Gasteiger charge is -2.36. The Balaban J connectivity index is 1.66. The van der Waals surface area contributed by atoms with E-state index in [1.54, 1.807) is 13.1 Å². The summed E-state index contributed by atoms with van der Waals surface area (Å²) >= 11 is 0. The van der Waals surface area contributed by atoms with E-state index in [-0.39, 0.29) is 23.5 Å². The minimum atomic E-state index is -2.97. The molecule has 0 bridgehead atoms. The Labute approximate surface area is 137 Å². The fourth-order valence-electron chi connectivity index (χ4n) is 3.09. The third-order valence-electron chi connectivity index (χ3n) is 4.73. The molecule has 1 amide bonds. The SMILES string of the molecule is CCS(=O)(=O)CCN1Cc2ccnn2C(CC(=O)N2CCC2)C1. The molecule has 1 unspecified atom stereocenters. The first-order chi connectivity index (χ1) is 11.0. The van der Waals surface area contributed by atoms with Gasteiger partial charge in [0.15, 0.2) is 9.84 Å². The Morgan fingerprint density at radius 3 is 2.83 bits per heavy atom. The van der Waals surface area contributed by atoms with Gasteiger partial charge in [-0.05, 0) is 12.5 Å². The largest absolute Gasteiger partial charge is 0.342 e. The van der Waals surface area contributed by atoms with Crippen molar-refractivity contribution in [2.24, 2.45) is 0 Å². The topological polar surface area (TPSA) is 75.5 Å². The zero-order valence-electron chi connectivity index (χ0n) is 13.5. The van der Waals surface area contributed by atoms with Crippen molar-refractivity contribution in [3.05, 3.63) is 18.0 Å². The van der Waals surface area contributed by atoms with E-state index >= 15 is 0 Å². The molecule has 128 valence electrons. The van der Waals surface area contributed by atoms with Crippen LogP contribution in [0.5, 0.6) is 0 Å². The average Bonchev–Trinajstić information content (AvgIpc) is 2.92. The first-order valence-corrected chi connectivity index (χ1v) is 10.0. The number of hydrogen-bond donors (Lipinski definition) is 0. The second kappa shape index (κ2) is 6.60. The molecule has 2 aliphatic heterocycles. The van der Waals surface area contributed by atoms with Crippen LogP contribution in [0.15, 0.2) is 12.3 Å². The molecule has 23 heavy (non-hydrogen) atoms. The highest BCUT2D eigenvalue weighted by Gasteiger charge is 2.30. The molecule has 1 atom stereocenters. The molecular formula is C15H24N4O3S. The highest BCUT2D eigenvalue weighted by molar-refractivity contribution is 7.91. The van der Waals surface area contributed by atoms with E-state index in [1.165, 1.54) is 0 Å². The predicted molar refractivity (Wildman–Crippen MR) is 86.7 cm³/mol. The highest BCUT2D eigenvalue weighted by atomic mass is 32.2. The summed E-state index contributed by atoms with van der Waals surface area (Å²) in [5.41, 5.74) is 1.05. The fraction of sp³-hybridized carbons (Fsp3) is 0.733. The van der Waals surface area contributed by atoms with Gasteiger partial charge in [-0.1, -0.05) is 6.92 Å². The summed E-state index contributed by atoms with van der Waals surface area (Å²) < 4.78 is 25.4. The minimum Gasteiger partial charge on any atom is -0.342 e. The van der Waals surface area contributed by atoms with Crippen molar-refractivity contribution in [1.82, 2.24) is 19.6 Å². The van der Waals surface area contributed by atoms with Crippen LogP contribution in [0.1, 0.15) is 31.5 Å². The molecule has 0 aromatic carbocycles. The van der Waals surface area contributed by atoms with Crippen LogP contribution < -0.4 is 0 Å². The molecule has 7 nitrogen and oxygen atoms in total. The van der Waals surface area contributed by atoms with E-state index in [9.17, 15) is 13.2 Å². The molecule has 0 spiro atoms. The summed E-state index contributed by atoms with van der Waals surface area (Å²) in [6, 6.07) is 1.94. The van der Waals surface area contributed by atoms with Crippen molar-refractivity contribution in [3.63, 3.8) is 0 Å². The number of amides is 1. The van der Waals surface area contributed by atoms with Gasteiger partial charge < -0.3 is 4.90 Å². The smallest absolute Gasteiger partial charge is 0.224 e. The number of rotatable bonds is 6. The number of nitrogens with zero attached hydrogens (tertiary/aromatic N) is 4. The van der Waals surface area contributed by atoms with Crippen molar-refractivity contribution in [3.8, 4) is 0 Å². The normalized spacial score (nSPS) is 21.8. The molecule has 1 fully saturated rings. The predicted octanol–water partition coefficient (Wildman–Crippen LogP) is 0.297. The Kier molecular flexibility index (Phi) is 4.72. The highest BCUT2D eigenvalue weighted by Crippen LogP contribution is 2.24. The van der Waals surface area contributed by atoms with Gasteiger partial charge in [0.05, 0.1) is 23.9 Å². The van der Waals surface area contributed by atoms with Crippen LogP contribution in [0.2, 0.25) is 0 Å². The number of hydrogen-bond acceptors (Lipinski definition) is 5. The molecule has 0 N–H and O–H groups in total. The van der Waals surface area contributed by atoms with Gasteiger partial charge in [0, 0.05) is 44.7 Å². The number of aromatic nitrogens is 2. The van der Waals surface area contributed by atoms with Crippen LogP contribution in [0.25, 0.3) is 0 Å². The van der Waals surface area contributed by atoms with Crippen LogP contribution in [-0.2, 0) is 21.2 Å². The number of likely N-dealkylation sites (tertiary alicyclic amines) is 1. The van der Waals surface area contributed by atoms with E-state index < -0.39 is 9.84 Å². The molecule has 8 heteroatoms. The van der Waals surface area contributed by atoms with E-state index in [0.717, 1.165) is 25.2 Å². The van der Waals surface area contributed by atoms with Gasteiger partial charge in [-0.25, -0.2) is 8.42 Å². The van der Waals surface area contributed by atoms with Crippen molar-refractivity contribution >= 4 is 15.7 Å². The first-order valence-electron chi connectivity index (χ1n) is 8.21. The van der Waals surface area contributed by atoms with Crippen LogP contribution in [-0.4, -0.2) is 71.6 Å². The monoisotopic (exact) mass is 340 g/mol. The summed E-state index contributed by atoms with van der Waals surface area (Å²) in [6.45, 7) is 5.26. The van der Waals surface area contributed by atoms with Gasteiger partial charge in [0.2, 0.25) is 5.91 Å². The van der Waals surface area contributed by atoms with Crippen LogP contribution in [0, 0.1) is 0 Å². The van der Waals surface area contributed by atoms with E-state index in [2.05, 4.69) is 10.00 Å². The summed E-state index contributed by atoms with van der Waals surface area (Å²) in [6.07, 6.45) is 3.28. The maximum atomic E-state index is 12.3. The van der Waals surface area contributed by atoms with Crippen LogP contribution >= 0.6 is 0 Å². The maximum absolute atomic E-state index is 12.3. The van der Waals surface area contributed by atoms with E-state index in [0.29, 0.717) is 26.1 Å². The van der Waals surface area contributed by atoms with Gasteiger partial charge >= 0.3 is 0 Å². The summed E-state index contributed by atoms with van der Waals surface area (Å²) in [5, 5.41) is 4.35. The number of fused-ring (bicyclic) bond motifs is 1. The van der Waals surface area contributed by atoms with Crippen LogP contribution in [0.3, 0.4) is 0 Å². The summed E-state index contributed by atoms with van der Waals surface area (Å²) in [7, 11) is -2.97. The zero-order valence-corrected chi connectivity index (χ0v) is 14.3. The Morgan fingerprint density at radius 1 is 1.39 bits per heavy atom. The zero-order chi connectivity index (χ0) is 16.4. The molecule has 0 saturated carbocycles. The molecule has 2 aliphatic rings. The van der Waals surface area contributed by atoms with Crippen molar-refractivity contribution in [1.29, 1.82) is 0 Å². The van der Waals surface area contributed by atoms with Gasteiger partial charge in [0.25, 0.3) is 0 Å². The number of sulfone groups is 1. The van der Waals surface area contributed by atoms with Crippen LogP contribution in [0.4, 0.5) is 0 Å². The lowest BCUT2D eigenvalue weighted by atomic mass is 10.1. The van der Waals surface area contributed by atoms with Crippen molar-refractivity contribution < 1.29 is 13.2 Å².